The standard InChI is InChI=1S/C12H22O/c1-6-7-8-11(13)9-10(2)12(3,4)5/h1,10-11,13H,7-9H2,2-5H3. The molecule has 0 aliphatic rings. The third-order valence-electron chi connectivity index (χ3n) is 2.73. The Morgan fingerprint density at radius 1 is 1.38 bits per heavy atom. The summed E-state index contributed by atoms with van der Waals surface area (Å²) in [5.41, 5.74) is 0.275. The number of terminal acetylenes is 1. The molecule has 2 unspecified atom stereocenters. The second-order valence-electron chi connectivity index (χ2n) is 4.90. The van der Waals surface area contributed by atoms with Gasteiger partial charge in [0.15, 0.2) is 0 Å². The zero-order valence-electron chi connectivity index (χ0n) is 9.30. The van der Waals surface area contributed by atoms with Crippen LogP contribution in [0.2, 0.25) is 0 Å². The van der Waals surface area contributed by atoms with Crippen LogP contribution >= 0.6 is 0 Å². The Morgan fingerprint density at radius 3 is 2.31 bits per heavy atom. The van der Waals surface area contributed by atoms with Crippen molar-refractivity contribution >= 4 is 0 Å². The molecule has 0 aromatic carbocycles. The van der Waals surface area contributed by atoms with Crippen LogP contribution in [0.1, 0.15) is 47.0 Å². The Hall–Kier alpha value is -0.480. The van der Waals surface area contributed by atoms with E-state index in [2.05, 4.69) is 33.6 Å². The van der Waals surface area contributed by atoms with E-state index in [0.717, 1.165) is 12.8 Å². The molecule has 1 nitrogen and oxygen atoms in total. The van der Waals surface area contributed by atoms with Crippen molar-refractivity contribution in [3.05, 3.63) is 0 Å². The van der Waals surface area contributed by atoms with Crippen LogP contribution < -0.4 is 0 Å². The van der Waals surface area contributed by atoms with Crippen LogP contribution in [0, 0.1) is 23.7 Å². The third-order valence-corrected chi connectivity index (χ3v) is 2.73. The molecule has 0 bridgehead atoms. The first-order chi connectivity index (χ1) is 5.88. The quantitative estimate of drug-likeness (QED) is 0.663. The molecule has 0 radical (unpaired) electrons. The SMILES string of the molecule is C#CCCC(O)CC(C)C(C)(C)C. The minimum atomic E-state index is -0.231. The lowest BCUT2D eigenvalue weighted by Gasteiger charge is -2.28. The summed E-state index contributed by atoms with van der Waals surface area (Å²) in [6, 6.07) is 0. The molecular formula is C12H22O. The highest BCUT2D eigenvalue weighted by molar-refractivity contribution is 4.85. The van der Waals surface area contributed by atoms with Gasteiger partial charge >= 0.3 is 0 Å². The first-order valence-electron chi connectivity index (χ1n) is 4.99. The lowest BCUT2D eigenvalue weighted by molar-refractivity contribution is 0.104. The van der Waals surface area contributed by atoms with Gasteiger partial charge in [0, 0.05) is 6.42 Å². The molecule has 0 aromatic rings. The van der Waals surface area contributed by atoms with E-state index in [1.54, 1.807) is 0 Å². The fourth-order valence-electron chi connectivity index (χ4n) is 1.13. The van der Waals surface area contributed by atoms with E-state index in [1.807, 2.05) is 0 Å². The van der Waals surface area contributed by atoms with Gasteiger partial charge in [-0.3, -0.25) is 0 Å². The van der Waals surface area contributed by atoms with Crippen LogP contribution in [0.15, 0.2) is 0 Å². The minimum Gasteiger partial charge on any atom is -0.393 e. The van der Waals surface area contributed by atoms with Crippen LogP contribution in [0.3, 0.4) is 0 Å². The zero-order chi connectivity index (χ0) is 10.5. The molecule has 1 N–H and O–H groups in total. The predicted octanol–water partition coefficient (Wildman–Crippen LogP) is 2.83. The highest BCUT2D eigenvalue weighted by Gasteiger charge is 2.22. The fraction of sp³-hybridized carbons (Fsp3) is 0.833. The lowest BCUT2D eigenvalue weighted by Crippen LogP contribution is -2.22. The minimum absolute atomic E-state index is 0.231. The monoisotopic (exact) mass is 182 g/mol. The molecular weight excluding hydrogens is 160 g/mol. The third kappa shape index (κ3) is 5.71. The molecule has 0 aromatic heterocycles. The lowest BCUT2D eigenvalue weighted by atomic mass is 9.78. The Balaban J connectivity index is 3.79. The summed E-state index contributed by atoms with van der Waals surface area (Å²) < 4.78 is 0. The van der Waals surface area contributed by atoms with E-state index >= 15 is 0 Å². The first-order valence-corrected chi connectivity index (χ1v) is 4.99. The van der Waals surface area contributed by atoms with Gasteiger partial charge in [0.05, 0.1) is 6.10 Å². The van der Waals surface area contributed by atoms with Crippen LogP contribution in [-0.2, 0) is 0 Å². The van der Waals surface area contributed by atoms with Crippen LogP contribution in [0.4, 0.5) is 0 Å². The average molecular weight is 182 g/mol. The van der Waals surface area contributed by atoms with Gasteiger partial charge in [-0.1, -0.05) is 27.7 Å². The molecule has 0 heterocycles. The van der Waals surface area contributed by atoms with Crippen LogP contribution in [0.25, 0.3) is 0 Å². The number of aliphatic hydroxyl groups is 1. The fourth-order valence-corrected chi connectivity index (χ4v) is 1.13. The van der Waals surface area contributed by atoms with Gasteiger partial charge in [0.2, 0.25) is 0 Å². The maximum Gasteiger partial charge on any atom is 0.0552 e. The number of hydrogen-bond donors (Lipinski definition) is 1. The Kier molecular flexibility index (Phi) is 5.10. The highest BCUT2D eigenvalue weighted by atomic mass is 16.3. The summed E-state index contributed by atoms with van der Waals surface area (Å²) in [5.74, 6) is 3.08. The zero-order valence-corrected chi connectivity index (χ0v) is 9.30. The summed E-state index contributed by atoms with van der Waals surface area (Å²) in [5, 5.41) is 9.62. The normalized spacial score (nSPS) is 16.3. The van der Waals surface area contributed by atoms with Crippen molar-refractivity contribution in [2.24, 2.45) is 11.3 Å². The van der Waals surface area contributed by atoms with Gasteiger partial charge in [-0.2, -0.15) is 0 Å². The Morgan fingerprint density at radius 2 is 1.92 bits per heavy atom. The van der Waals surface area contributed by atoms with Gasteiger partial charge in [-0.05, 0) is 24.2 Å². The summed E-state index contributed by atoms with van der Waals surface area (Å²) in [7, 11) is 0. The van der Waals surface area contributed by atoms with Crippen LogP contribution in [-0.4, -0.2) is 11.2 Å². The molecule has 0 saturated heterocycles. The van der Waals surface area contributed by atoms with Gasteiger partial charge in [-0.25, -0.2) is 0 Å². The van der Waals surface area contributed by atoms with Crippen molar-refractivity contribution in [1.29, 1.82) is 0 Å². The van der Waals surface area contributed by atoms with Crippen molar-refractivity contribution in [3.8, 4) is 12.3 Å². The smallest absolute Gasteiger partial charge is 0.0552 e. The van der Waals surface area contributed by atoms with Gasteiger partial charge in [0.1, 0.15) is 0 Å². The second kappa shape index (κ2) is 5.29. The van der Waals surface area contributed by atoms with Crippen molar-refractivity contribution in [1.82, 2.24) is 0 Å². The molecule has 0 aliphatic heterocycles. The predicted molar refractivity (Wildman–Crippen MR) is 57.3 cm³/mol. The van der Waals surface area contributed by atoms with Crippen molar-refractivity contribution in [2.75, 3.05) is 0 Å². The van der Waals surface area contributed by atoms with E-state index in [4.69, 9.17) is 6.42 Å². The highest BCUT2D eigenvalue weighted by Crippen LogP contribution is 2.29. The summed E-state index contributed by atoms with van der Waals surface area (Å²) >= 11 is 0. The van der Waals surface area contributed by atoms with E-state index in [-0.39, 0.29) is 11.5 Å². The molecule has 0 amide bonds. The maximum atomic E-state index is 9.62. The Bertz CT molecular complexity index is 171. The Labute approximate surface area is 82.5 Å². The van der Waals surface area contributed by atoms with Gasteiger partial charge in [-0.15, -0.1) is 12.3 Å². The van der Waals surface area contributed by atoms with E-state index in [1.165, 1.54) is 0 Å². The molecule has 0 rings (SSSR count). The number of aliphatic hydroxyl groups excluding tert-OH is 1. The molecule has 1 heteroatoms. The van der Waals surface area contributed by atoms with Crippen LogP contribution in [0.5, 0.6) is 0 Å². The van der Waals surface area contributed by atoms with Gasteiger partial charge in [0.25, 0.3) is 0 Å². The molecule has 0 fully saturated rings. The molecule has 13 heavy (non-hydrogen) atoms. The van der Waals surface area contributed by atoms with Crippen molar-refractivity contribution in [2.45, 2.75) is 53.1 Å². The molecule has 76 valence electrons. The topological polar surface area (TPSA) is 20.2 Å². The van der Waals surface area contributed by atoms with E-state index in [0.29, 0.717) is 12.3 Å². The van der Waals surface area contributed by atoms with Gasteiger partial charge < -0.3 is 5.11 Å². The summed E-state index contributed by atoms with van der Waals surface area (Å²) in [6.07, 6.45) is 7.17. The van der Waals surface area contributed by atoms with E-state index in [9.17, 15) is 5.11 Å². The molecule has 2 atom stereocenters. The number of rotatable bonds is 4. The van der Waals surface area contributed by atoms with Crippen molar-refractivity contribution in [3.63, 3.8) is 0 Å². The molecule has 0 aliphatic carbocycles. The average Bonchev–Trinajstić information content (AvgIpc) is 1.99. The summed E-state index contributed by atoms with van der Waals surface area (Å²) in [4.78, 5) is 0. The maximum absolute atomic E-state index is 9.62. The molecule has 0 saturated carbocycles. The largest absolute Gasteiger partial charge is 0.393 e. The number of hydrogen-bond acceptors (Lipinski definition) is 1. The second-order valence-corrected chi connectivity index (χ2v) is 4.90. The van der Waals surface area contributed by atoms with E-state index < -0.39 is 0 Å². The van der Waals surface area contributed by atoms with Crippen molar-refractivity contribution < 1.29 is 5.11 Å². The summed E-state index contributed by atoms with van der Waals surface area (Å²) in [6.45, 7) is 8.78. The first kappa shape index (κ1) is 12.5. The molecule has 0 spiro atoms.